The molecule has 2 N–H and O–H groups in total. The smallest absolute Gasteiger partial charge is 0.239 e. The van der Waals surface area contributed by atoms with Crippen LogP contribution in [0.1, 0.15) is 44.3 Å². The van der Waals surface area contributed by atoms with Crippen molar-refractivity contribution in [3.05, 3.63) is 16.8 Å². The van der Waals surface area contributed by atoms with Crippen LogP contribution in [-0.2, 0) is 11.2 Å². The van der Waals surface area contributed by atoms with E-state index in [-0.39, 0.29) is 12.5 Å². The van der Waals surface area contributed by atoms with Crippen LogP contribution < -0.4 is 10.6 Å². The summed E-state index contributed by atoms with van der Waals surface area (Å²) in [6.07, 6.45) is 3.09. The molecule has 0 aliphatic carbocycles. The predicted molar refractivity (Wildman–Crippen MR) is 110 cm³/mol. The van der Waals surface area contributed by atoms with Gasteiger partial charge in [0.2, 0.25) is 5.91 Å². The van der Waals surface area contributed by atoms with Gasteiger partial charge in [-0.05, 0) is 51.9 Å². The van der Waals surface area contributed by atoms with E-state index in [1.807, 2.05) is 6.92 Å². The van der Waals surface area contributed by atoms with Gasteiger partial charge < -0.3 is 15.5 Å². The Hall–Kier alpha value is -1.73. The number of amides is 1. The zero-order valence-electron chi connectivity index (χ0n) is 16.4. The van der Waals surface area contributed by atoms with Crippen molar-refractivity contribution in [2.45, 2.75) is 47.0 Å². The van der Waals surface area contributed by atoms with E-state index in [2.05, 4.69) is 52.3 Å². The van der Waals surface area contributed by atoms with Gasteiger partial charge >= 0.3 is 0 Å². The van der Waals surface area contributed by atoms with Gasteiger partial charge in [0.25, 0.3) is 0 Å². The third-order valence-corrected chi connectivity index (χ3v) is 5.61. The average Bonchev–Trinajstić information content (AvgIpc) is 3.05. The van der Waals surface area contributed by atoms with Crippen LogP contribution in [0.25, 0.3) is 10.2 Å². The highest BCUT2D eigenvalue weighted by atomic mass is 32.1. The molecule has 6 nitrogen and oxygen atoms in total. The molecule has 0 bridgehead atoms. The molecule has 2 aromatic heterocycles. The number of aromatic nitrogens is 2. The van der Waals surface area contributed by atoms with Gasteiger partial charge in [-0.2, -0.15) is 0 Å². The van der Waals surface area contributed by atoms with Gasteiger partial charge in [0.1, 0.15) is 16.5 Å². The van der Waals surface area contributed by atoms with Gasteiger partial charge in [0, 0.05) is 11.4 Å². The van der Waals surface area contributed by atoms with Gasteiger partial charge in [-0.25, -0.2) is 9.97 Å². The molecule has 0 radical (unpaired) electrons. The largest absolute Gasteiger partial charge is 0.360 e. The molecule has 0 saturated carbocycles. The van der Waals surface area contributed by atoms with Gasteiger partial charge in [-0.3, -0.25) is 4.79 Å². The summed E-state index contributed by atoms with van der Waals surface area (Å²) in [5.41, 5.74) is 0. The molecule has 7 heteroatoms. The van der Waals surface area contributed by atoms with Crippen molar-refractivity contribution in [1.82, 2.24) is 20.2 Å². The number of nitrogens with zero attached hydrogens (tertiary/aromatic N) is 3. The van der Waals surface area contributed by atoms with E-state index in [1.165, 1.54) is 4.88 Å². The lowest BCUT2D eigenvalue weighted by atomic mass is 10.3. The summed E-state index contributed by atoms with van der Waals surface area (Å²) in [6, 6.07) is 2.12. The molecule has 0 saturated heterocycles. The maximum Gasteiger partial charge on any atom is 0.239 e. The third-order valence-electron chi connectivity index (χ3n) is 4.44. The molecule has 0 atom stereocenters. The van der Waals surface area contributed by atoms with E-state index in [0.717, 1.165) is 67.3 Å². The highest BCUT2D eigenvalue weighted by Crippen LogP contribution is 2.29. The Morgan fingerprint density at radius 3 is 2.65 bits per heavy atom. The Bertz CT molecular complexity index is 711. The summed E-state index contributed by atoms with van der Waals surface area (Å²) in [5, 5.41) is 7.16. The maximum atomic E-state index is 12.1. The molecular weight excluding hydrogens is 346 g/mol. The van der Waals surface area contributed by atoms with Crippen LogP contribution in [0.2, 0.25) is 0 Å². The fourth-order valence-corrected chi connectivity index (χ4v) is 3.85. The van der Waals surface area contributed by atoms with E-state index >= 15 is 0 Å². The first kappa shape index (κ1) is 20.6. The van der Waals surface area contributed by atoms with E-state index in [1.54, 1.807) is 11.3 Å². The Balaban J connectivity index is 1.79. The van der Waals surface area contributed by atoms with Gasteiger partial charge in [0.05, 0.1) is 11.9 Å². The van der Waals surface area contributed by atoms with Crippen LogP contribution in [-0.4, -0.2) is 53.5 Å². The molecule has 2 aromatic rings. The lowest BCUT2D eigenvalue weighted by Gasteiger charge is -2.17. The molecule has 2 heterocycles. The molecule has 0 aromatic carbocycles. The van der Waals surface area contributed by atoms with Crippen molar-refractivity contribution < 1.29 is 4.79 Å². The molecule has 0 aliphatic heterocycles. The maximum absolute atomic E-state index is 12.1. The van der Waals surface area contributed by atoms with Crippen molar-refractivity contribution in [2.75, 3.05) is 38.0 Å². The molecule has 2 rings (SSSR count). The quantitative estimate of drug-likeness (QED) is 0.589. The number of carbonyl (C=O) groups is 1. The molecule has 26 heavy (non-hydrogen) atoms. The summed E-state index contributed by atoms with van der Waals surface area (Å²) < 4.78 is 0. The van der Waals surface area contributed by atoms with Crippen LogP contribution in [0.15, 0.2) is 6.07 Å². The number of nitrogens with one attached hydrogen (secondary N) is 2. The van der Waals surface area contributed by atoms with Crippen LogP contribution in [0.5, 0.6) is 0 Å². The predicted octanol–water partition coefficient (Wildman–Crippen LogP) is 3.21. The van der Waals surface area contributed by atoms with Crippen molar-refractivity contribution in [2.24, 2.45) is 0 Å². The van der Waals surface area contributed by atoms with Crippen LogP contribution in [0, 0.1) is 6.92 Å². The minimum atomic E-state index is 0.00296. The topological polar surface area (TPSA) is 70.2 Å². The lowest BCUT2D eigenvalue weighted by Crippen LogP contribution is -2.31. The van der Waals surface area contributed by atoms with Gasteiger partial charge in [0.15, 0.2) is 0 Å². The molecule has 1 amide bonds. The molecule has 0 spiro atoms. The highest BCUT2D eigenvalue weighted by Gasteiger charge is 2.11. The second kappa shape index (κ2) is 10.4. The normalized spacial score (nSPS) is 11.3. The summed E-state index contributed by atoms with van der Waals surface area (Å²) in [5.74, 6) is 1.48. The number of unbranched alkanes of at least 4 members (excludes halogenated alkanes) is 1. The fraction of sp³-hybridized carbons (Fsp3) is 0.632. The zero-order valence-corrected chi connectivity index (χ0v) is 17.2. The van der Waals surface area contributed by atoms with Gasteiger partial charge in [-0.1, -0.05) is 20.8 Å². The van der Waals surface area contributed by atoms with Crippen molar-refractivity contribution in [3.8, 4) is 0 Å². The van der Waals surface area contributed by atoms with E-state index in [9.17, 15) is 4.79 Å². The Morgan fingerprint density at radius 2 is 1.96 bits per heavy atom. The Labute approximate surface area is 160 Å². The number of hydrogen-bond acceptors (Lipinski definition) is 6. The van der Waals surface area contributed by atoms with Crippen molar-refractivity contribution in [3.63, 3.8) is 0 Å². The number of rotatable bonds is 11. The number of carbonyl (C=O) groups excluding carboxylic acids is 1. The second-order valence-corrected chi connectivity index (χ2v) is 7.46. The first-order valence-corrected chi connectivity index (χ1v) is 10.4. The first-order chi connectivity index (χ1) is 12.6. The summed E-state index contributed by atoms with van der Waals surface area (Å²) in [7, 11) is 0. The molecule has 0 unspecified atom stereocenters. The fourth-order valence-electron chi connectivity index (χ4n) is 2.84. The molecule has 0 aliphatic rings. The third kappa shape index (κ3) is 5.92. The summed E-state index contributed by atoms with van der Waals surface area (Å²) >= 11 is 1.69. The summed E-state index contributed by atoms with van der Waals surface area (Å²) in [4.78, 5) is 25.7. The molecule has 0 fully saturated rings. The SMILES string of the molecule is CCc1cc2c(NCC(=O)NCCCCN(CC)CC)nc(C)nc2s1. The van der Waals surface area contributed by atoms with Crippen LogP contribution >= 0.6 is 11.3 Å². The Kier molecular flexibility index (Phi) is 8.25. The number of anilines is 1. The number of thiophene rings is 1. The van der Waals surface area contributed by atoms with E-state index < -0.39 is 0 Å². The standard InChI is InChI=1S/C19H31N5OS/c1-5-15-12-16-18(22-14(4)23-19(16)26-15)21-13-17(25)20-10-8-9-11-24(6-2)7-3/h12H,5-11,13H2,1-4H3,(H,20,25)(H,21,22,23). The number of aryl methyl sites for hydroxylation is 2. The van der Waals surface area contributed by atoms with Gasteiger partial charge in [-0.15, -0.1) is 11.3 Å². The monoisotopic (exact) mass is 377 g/mol. The second-order valence-electron chi connectivity index (χ2n) is 6.34. The molecule has 144 valence electrons. The highest BCUT2D eigenvalue weighted by molar-refractivity contribution is 7.18. The lowest BCUT2D eigenvalue weighted by molar-refractivity contribution is -0.119. The van der Waals surface area contributed by atoms with Crippen molar-refractivity contribution in [1.29, 1.82) is 0 Å². The van der Waals surface area contributed by atoms with Crippen LogP contribution in [0.3, 0.4) is 0 Å². The summed E-state index contributed by atoms with van der Waals surface area (Å²) in [6.45, 7) is 12.6. The van der Waals surface area contributed by atoms with E-state index in [4.69, 9.17) is 0 Å². The van der Waals surface area contributed by atoms with Crippen LogP contribution in [0.4, 0.5) is 5.82 Å². The van der Waals surface area contributed by atoms with Crippen molar-refractivity contribution >= 4 is 33.3 Å². The minimum Gasteiger partial charge on any atom is -0.360 e. The van der Waals surface area contributed by atoms with E-state index in [0.29, 0.717) is 0 Å². The first-order valence-electron chi connectivity index (χ1n) is 9.57. The number of fused-ring (bicyclic) bond motifs is 1. The molecular formula is C19H31N5OS. The zero-order chi connectivity index (χ0) is 18.9. The average molecular weight is 378 g/mol. The Morgan fingerprint density at radius 1 is 1.19 bits per heavy atom. The minimum absolute atomic E-state index is 0.00296. The number of hydrogen-bond donors (Lipinski definition) is 2.